The molecule has 7 rings (SSSR count). The minimum Gasteiger partial charge on any atom is -0.392 e. The molecule has 2 aliphatic heterocycles. The topological polar surface area (TPSA) is 91.3 Å². The molecule has 2 fully saturated rings. The molecule has 0 aliphatic carbocycles. The second kappa shape index (κ2) is 16.1. The summed E-state index contributed by atoms with van der Waals surface area (Å²) in [4.78, 5) is 15.0. The first-order valence-corrected chi connectivity index (χ1v) is 18.4. The van der Waals surface area contributed by atoms with Gasteiger partial charge in [-0.2, -0.15) is 0 Å². The van der Waals surface area contributed by atoms with Crippen LogP contribution in [-0.4, -0.2) is 46.8 Å². The molecule has 7 nitrogen and oxygen atoms in total. The predicted molar refractivity (Wildman–Crippen MR) is 203 cm³/mol. The molecule has 52 heavy (non-hydrogen) atoms. The molecule has 0 radical (unpaired) electrons. The molecule has 0 saturated carbocycles. The molecular formula is C44H45ClN2O5. The van der Waals surface area contributed by atoms with E-state index in [1.807, 2.05) is 103 Å². The van der Waals surface area contributed by atoms with Crippen molar-refractivity contribution < 1.29 is 24.5 Å². The van der Waals surface area contributed by atoms with E-state index in [0.29, 0.717) is 36.5 Å². The van der Waals surface area contributed by atoms with E-state index < -0.39 is 11.9 Å². The standard InChI is InChI=1S/C44H45ClN2O5/c1-30-40(28-47-23-21-44(50,22-24-47)38-17-19-39(45)20-18-38)51-43(52-41(30)33-15-13-31(29-48)14-16-33)37-12-6-11-36(26-37)35-10-5-7-32(25-35)27-46-42(49)34-8-3-2-4-9-34/h2-20,25-26,30,40-41,43,48,50H,21-24,27-29H2,1H3,(H,46,49)/t30-,40+,41+,43+/m1/s1. The third-order valence-electron chi connectivity index (χ3n) is 10.5. The van der Waals surface area contributed by atoms with E-state index in [1.165, 1.54) is 0 Å². The van der Waals surface area contributed by atoms with Gasteiger partial charge < -0.3 is 29.9 Å². The van der Waals surface area contributed by atoms with Crippen molar-refractivity contribution in [2.24, 2.45) is 5.92 Å². The number of nitrogens with one attached hydrogen (secondary N) is 1. The number of aliphatic hydroxyl groups is 2. The Bertz CT molecular complexity index is 1940. The number of halogens is 1. The quantitative estimate of drug-likeness (QED) is 0.135. The largest absolute Gasteiger partial charge is 0.392 e. The van der Waals surface area contributed by atoms with Crippen LogP contribution in [0.3, 0.4) is 0 Å². The van der Waals surface area contributed by atoms with Gasteiger partial charge >= 0.3 is 0 Å². The van der Waals surface area contributed by atoms with E-state index >= 15 is 0 Å². The number of nitrogens with zero attached hydrogens (tertiary/aromatic N) is 1. The highest BCUT2D eigenvalue weighted by molar-refractivity contribution is 6.30. The van der Waals surface area contributed by atoms with E-state index in [4.69, 9.17) is 21.1 Å². The van der Waals surface area contributed by atoms with Gasteiger partial charge in [0.2, 0.25) is 0 Å². The van der Waals surface area contributed by atoms with Crippen molar-refractivity contribution in [1.29, 1.82) is 0 Å². The molecule has 0 spiro atoms. The molecule has 2 aliphatic rings. The molecule has 4 atom stereocenters. The molecule has 1 amide bonds. The molecule has 3 N–H and O–H groups in total. The summed E-state index contributed by atoms with van der Waals surface area (Å²) >= 11 is 6.12. The number of ether oxygens (including phenoxy) is 2. The molecule has 2 saturated heterocycles. The van der Waals surface area contributed by atoms with Gasteiger partial charge in [-0.1, -0.05) is 110 Å². The molecule has 0 unspecified atom stereocenters. The van der Waals surface area contributed by atoms with E-state index in [0.717, 1.165) is 52.0 Å². The third-order valence-corrected chi connectivity index (χ3v) is 10.8. The predicted octanol–water partition coefficient (Wildman–Crippen LogP) is 8.20. The SMILES string of the molecule is C[C@@H]1[C@H](CN2CCC(O)(c3ccc(Cl)cc3)CC2)O[C@H](c2cccc(-c3cccc(CNC(=O)c4ccccc4)c3)c2)O[C@@H]1c1ccc(CO)cc1. The third kappa shape index (κ3) is 8.31. The lowest BCUT2D eigenvalue weighted by Crippen LogP contribution is -2.49. The van der Waals surface area contributed by atoms with Crippen molar-refractivity contribution in [3.05, 3.63) is 166 Å². The maximum absolute atomic E-state index is 12.7. The van der Waals surface area contributed by atoms with Crippen molar-refractivity contribution in [1.82, 2.24) is 10.2 Å². The summed E-state index contributed by atoms with van der Waals surface area (Å²) in [5.41, 5.74) is 6.53. The molecule has 0 bridgehead atoms. The fourth-order valence-electron chi connectivity index (χ4n) is 7.34. The summed E-state index contributed by atoms with van der Waals surface area (Å²) in [5.74, 6) is -0.0648. The number of amides is 1. The number of carbonyl (C=O) groups excluding carboxylic acids is 1. The maximum Gasteiger partial charge on any atom is 0.251 e. The van der Waals surface area contributed by atoms with Gasteiger partial charge in [-0.25, -0.2) is 0 Å². The van der Waals surface area contributed by atoms with Crippen LogP contribution in [0.15, 0.2) is 127 Å². The second-order valence-corrected chi connectivity index (χ2v) is 14.5. The zero-order chi connectivity index (χ0) is 36.1. The molecule has 5 aromatic carbocycles. The average molecular weight is 717 g/mol. The smallest absolute Gasteiger partial charge is 0.251 e. The van der Waals surface area contributed by atoms with Crippen LogP contribution in [0.25, 0.3) is 11.1 Å². The maximum atomic E-state index is 12.7. The van der Waals surface area contributed by atoms with Gasteiger partial charge in [0.25, 0.3) is 5.91 Å². The van der Waals surface area contributed by atoms with Crippen LogP contribution >= 0.6 is 11.6 Å². The normalized spacial score (nSPS) is 21.8. The second-order valence-electron chi connectivity index (χ2n) is 14.0. The van der Waals surface area contributed by atoms with Gasteiger partial charge in [0, 0.05) is 48.2 Å². The number of hydrogen-bond donors (Lipinski definition) is 3. The van der Waals surface area contributed by atoms with Crippen LogP contribution in [0.5, 0.6) is 0 Å². The monoisotopic (exact) mass is 716 g/mol. The Morgan fingerprint density at radius 2 is 1.50 bits per heavy atom. The van der Waals surface area contributed by atoms with Crippen molar-refractivity contribution in [2.75, 3.05) is 19.6 Å². The van der Waals surface area contributed by atoms with Crippen molar-refractivity contribution in [3.8, 4) is 11.1 Å². The number of rotatable bonds is 10. The van der Waals surface area contributed by atoms with E-state index in [-0.39, 0.29) is 30.6 Å². The zero-order valence-electron chi connectivity index (χ0n) is 29.3. The van der Waals surface area contributed by atoms with E-state index in [1.54, 1.807) is 0 Å². The number of hydrogen-bond acceptors (Lipinski definition) is 6. The Morgan fingerprint density at radius 1 is 0.808 bits per heavy atom. The average Bonchev–Trinajstić information content (AvgIpc) is 3.19. The first-order valence-electron chi connectivity index (χ1n) is 18.0. The molecule has 2 heterocycles. The highest BCUT2D eigenvalue weighted by Crippen LogP contribution is 2.43. The summed E-state index contributed by atoms with van der Waals surface area (Å²) in [6, 6.07) is 41.2. The van der Waals surface area contributed by atoms with E-state index in [9.17, 15) is 15.0 Å². The highest BCUT2D eigenvalue weighted by Gasteiger charge is 2.41. The number of piperidine rings is 1. The number of likely N-dealkylation sites (tertiary alicyclic amines) is 1. The van der Waals surface area contributed by atoms with Gasteiger partial charge in [0.1, 0.15) is 0 Å². The van der Waals surface area contributed by atoms with Crippen molar-refractivity contribution in [2.45, 2.75) is 57.0 Å². The lowest BCUT2D eigenvalue weighted by molar-refractivity contribution is -0.277. The van der Waals surface area contributed by atoms with Gasteiger partial charge in [0.05, 0.1) is 24.4 Å². The summed E-state index contributed by atoms with van der Waals surface area (Å²) in [6.07, 6.45) is 0.279. The van der Waals surface area contributed by atoms with Crippen molar-refractivity contribution in [3.63, 3.8) is 0 Å². The Labute approximate surface area is 310 Å². The lowest BCUT2D eigenvalue weighted by Gasteiger charge is -2.45. The molecule has 268 valence electrons. The molecular weight excluding hydrogens is 672 g/mol. The Kier molecular flexibility index (Phi) is 11.2. The first-order chi connectivity index (χ1) is 25.3. The van der Waals surface area contributed by atoms with Crippen LogP contribution in [-0.2, 0) is 28.2 Å². The zero-order valence-corrected chi connectivity index (χ0v) is 30.1. The number of carbonyl (C=O) groups is 1. The van der Waals surface area contributed by atoms with Crippen LogP contribution < -0.4 is 5.32 Å². The van der Waals surface area contributed by atoms with E-state index in [2.05, 4.69) is 41.4 Å². The molecule has 8 heteroatoms. The van der Waals surface area contributed by atoms with Gasteiger partial charge in [0.15, 0.2) is 6.29 Å². The Balaban J connectivity index is 1.09. The number of benzene rings is 5. The number of aliphatic hydroxyl groups excluding tert-OH is 1. The summed E-state index contributed by atoms with van der Waals surface area (Å²) in [7, 11) is 0. The summed E-state index contributed by atoms with van der Waals surface area (Å²) in [6.45, 7) is 4.77. The van der Waals surface area contributed by atoms with Crippen LogP contribution in [0, 0.1) is 5.92 Å². The Morgan fingerprint density at radius 3 is 2.21 bits per heavy atom. The minimum absolute atomic E-state index is 0.0135. The van der Waals surface area contributed by atoms with Crippen LogP contribution in [0.2, 0.25) is 5.02 Å². The Hall–Kier alpha value is -4.34. The van der Waals surface area contributed by atoms with Crippen molar-refractivity contribution >= 4 is 17.5 Å². The lowest BCUT2D eigenvalue weighted by atomic mass is 9.84. The fourth-order valence-corrected chi connectivity index (χ4v) is 7.46. The molecule has 5 aromatic rings. The van der Waals surface area contributed by atoms with Gasteiger partial charge in [-0.15, -0.1) is 0 Å². The highest BCUT2D eigenvalue weighted by atomic mass is 35.5. The van der Waals surface area contributed by atoms with Crippen LogP contribution in [0.4, 0.5) is 0 Å². The first kappa shape index (κ1) is 36.0. The summed E-state index contributed by atoms with van der Waals surface area (Å²) in [5, 5.41) is 24.9. The molecule has 0 aromatic heterocycles. The fraction of sp³-hybridized carbons (Fsp3) is 0.295. The summed E-state index contributed by atoms with van der Waals surface area (Å²) < 4.78 is 13.6. The minimum atomic E-state index is -0.881. The van der Waals surface area contributed by atoms with Crippen LogP contribution in [0.1, 0.15) is 70.3 Å². The van der Waals surface area contributed by atoms with Gasteiger partial charge in [-0.05, 0) is 82.6 Å². The van der Waals surface area contributed by atoms with Gasteiger partial charge in [-0.3, -0.25) is 4.79 Å².